The van der Waals surface area contributed by atoms with Crippen LogP contribution >= 0.6 is 0 Å². The third-order valence-electron chi connectivity index (χ3n) is 4.32. The largest absolute Gasteiger partial charge is 0.456 e. The molecule has 0 radical (unpaired) electrons. The van der Waals surface area contributed by atoms with Crippen molar-refractivity contribution >= 4 is 12.9 Å². The molecule has 8 heteroatoms. The molecular weight excluding hydrogens is 383 g/mol. The number of hydrogen-bond acceptors (Lipinski definition) is 5. The zero-order valence-electron chi connectivity index (χ0n) is 16.3. The summed E-state index contributed by atoms with van der Waals surface area (Å²) in [5.74, 6) is 0.292. The number of aliphatic hydroxyl groups is 1. The van der Waals surface area contributed by atoms with Gasteiger partial charge in [0.25, 0.3) is 0 Å². The van der Waals surface area contributed by atoms with Gasteiger partial charge in [-0.25, -0.2) is 0 Å². The molecule has 154 valence electrons. The highest BCUT2D eigenvalue weighted by molar-refractivity contribution is 5.81. The molecule has 0 aliphatic rings. The number of aromatic nitrogens is 1. The number of hydrogen-bond donors (Lipinski definition) is 1. The Morgan fingerprint density at radius 2 is 1.76 bits per heavy atom. The van der Waals surface area contributed by atoms with E-state index in [2.05, 4.69) is 21.7 Å². The molecular formula is C21H22F3N3O2. The van der Waals surface area contributed by atoms with Crippen LogP contribution in [0.15, 0.2) is 64.4 Å². The van der Waals surface area contributed by atoms with Crippen molar-refractivity contribution in [1.82, 2.24) is 4.98 Å². The smallest absolute Gasteiger partial charge is 0.416 e. The second-order valence-corrected chi connectivity index (χ2v) is 6.58. The zero-order valence-corrected chi connectivity index (χ0v) is 16.3. The van der Waals surface area contributed by atoms with Crippen molar-refractivity contribution in [3.05, 3.63) is 65.6 Å². The molecule has 0 aliphatic heterocycles. The van der Waals surface area contributed by atoms with Gasteiger partial charge in [0.2, 0.25) is 0 Å². The first-order valence-corrected chi connectivity index (χ1v) is 8.75. The van der Waals surface area contributed by atoms with Gasteiger partial charge in [-0.1, -0.05) is 13.8 Å². The Balaban J connectivity index is 2.30. The Morgan fingerprint density at radius 1 is 1.14 bits per heavy atom. The van der Waals surface area contributed by atoms with Crippen molar-refractivity contribution in [2.75, 3.05) is 7.05 Å². The average Bonchev–Trinajstić information content (AvgIpc) is 2.67. The first-order chi connectivity index (χ1) is 13.6. The lowest BCUT2D eigenvalue weighted by Crippen LogP contribution is -2.36. The lowest BCUT2D eigenvalue weighted by atomic mass is 9.80. The summed E-state index contributed by atoms with van der Waals surface area (Å²) in [5, 5.41) is 11.3. The van der Waals surface area contributed by atoms with Crippen LogP contribution in [0, 0.1) is 5.92 Å². The number of nitrogens with zero attached hydrogens (tertiary/aromatic N) is 3. The minimum absolute atomic E-state index is 0.237. The summed E-state index contributed by atoms with van der Waals surface area (Å²) in [4.78, 5) is 12.0. The molecule has 1 atom stereocenters. The van der Waals surface area contributed by atoms with Crippen LogP contribution < -0.4 is 4.74 Å². The molecule has 0 bridgehead atoms. The van der Waals surface area contributed by atoms with Gasteiger partial charge in [0.05, 0.1) is 17.5 Å². The summed E-state index contributed by atoms with van der Waals surface area (Å²) < 4.78 is 43.5. The molecule has 1 heterocycles. The summed E-state index contributed by atoms with van der Waals surface area (Å²) in [6.45, 7) is 7.08. The van der Waals surface area contributed by atoms with Crippen molar-refractivity contribution in [3.63, 3.8) is 0 Å². The topological polar surface area (TPSA) is 67.1 Å². The van der Waals surface area contributed by atoms with E-state index in [0.29, 0.717) is 17.0 Å². The van der Waals surface area contributed by atoms with Gasteiger partial charge < -0.3 is 9.84 Å². The van der Waals surface area contributed by atoms with Gasteiger partial charge in [0.1, 0.15) is 17.1 Å². The number of pyridine rings is 1. The summed E-state index contributed by atoms with van der Waals surface area (Å²) in [6, 6.07) is 7.51. The number of benzene rings is 1. The molecule has 2 rings (SSSR count). The second kappa shape index (κ2) is 9.00. The van der Waals surface area contributed by atoms with Gasteiger partial charge in [0, 0.05) is 25.0 Å². The maximum absolute atomic E-state index is 12.6. The zero-order chi connectivity index (χ0) is 21.7. The van der Waals surface area contributed by atoms with Gasteiger partial charge >= 0.3 is 6.18 Å². The fourth-order valence-electron chi connectivity index (χ4n) is 2.76. The monoisotopic (exact) mass is 405 g/mol. The van der Waals surface area contributed by atoms with E-state index in [0.717, 1.165) is 12.1 Å². The van der Waals surface area contributed by atoms with Crippen LogP contribution in [0.5, 0.6) is 11.5 Å². The van der Waals surface area contributed by atoms with Crippen LogP contribution in [0.4, 0.5) is 13.2 Å². The third-order valence-corrected chi connectivity index (χ3v) is 4.32. The highest BCUT2D eigenvalue weighted by atomic mass is 19.4. The van der Waals surface area contributed by atoms with Crippen LogP contribution in [0.3, 0.4) is 0 Å². The third kappa shape index (κ3) is 5.08. The van der Waals surface area contributed by atoms with E-state index in [9.17, 15) is 18.3 Å². The number of ether oxygens (including phenoxy) is 1. The normalized spacial score (nSPS) is 14.8. The SMILES string of the molecule is C=N/C=C(\C=NC)C(O)(c1ccc(Oc2ccc(C(F)(F)F)cc2)cn1)C(C)C. The fourth-order valence-corrected chi connectivity index (χ4v) is 2.76. The lowest BCUT2D eigenvalue weighted by molar-refractivity contribution is -0.137. The molecule has 1 unspecified atom stereocenters. The Hall–Kier alpha value is -3.00. The summed E-state index contributed by atoms with van der Waals surface area (Å²) in [7, 11) is 1.58. The van der Waals surface area contributed by atoms with Crippen molar-refractivity contribution in [2.45, 2.75) is 25.6 Å². The van der Waals surface area contributed by atoms with E-state index in [1.807, 2.05) is 13.8 Å². The molecule has 0 saturated heterocycles. The molecule has 0 amide bonds. The van der Waals surface area contributed by atoms with Crippen molar-refractivity contribution in [3.8, 4) is 11.5 Å². The van der Waals surface area contributed by atoms with Gasteiger partial charge in [-0.15, -0.1) is 0 Å². The molecule has 1 aromatic carbocycles. The molecule has 5 nitrogen and oxygen atoms in total. The number of halogens is 3. The van der Waals surface area contributed by atoms with Gasteiger partial charge in [-0.2, -0.15) is 13.2 Å². The number of aliphatic imine (C=N–C) groups is 2. The summed E-state index contributed by atoms with van der Waals surface area (Å²) >= 11 is 0. The molecule has 0 aliphatic carbocycles. The van der Waals surface area contributed by atoms with E-state index in [1.165, 1.54) is 30.7 Å². The van der Waals surface area contributed by atoms with Crippen LogP contribution in [0.2, 0.25) is 0 Å². The van der Waals surface area contributed by atoms with Crippen LogP contribution in [0.25, 0.3) is 0 Å². The van der Waals surface area contributed by atoms with Crippen LogP contribution in [-0.4, -0.2) is 30.1 Å². The Kier molecular flexibility index (Phi) is 6.92. The maximum atomic E-state index is 12.6. The van der Waals surface area contributed by atoms with Crippen LogP contribution in [-0.2, 0) is 11.8 Å². The summed E-state index contributed by atoms with van der Waals surface area (Å²) in [6.07, 6.45) is -0.108. The molecule has 1 aromatic heterocycles. The quantitative estimate of drug-likeness (QED) is 0.658. The van der Waals surface area contributed by atoms with Crippen molar-refractivity contribution in [1.29, 1.82) is 0 Å². The second-order valence-electron chi connectivity index (χ2n) is 6.58. The average molecular weight is 405 g/mol. The molecule has 1 N–H and O–H groups in total. The number of alkyl halides is 3. The Bertz CT molecular complexity index is 889. The van der Waals surface area contributed by atoms with Gasteiger partial charge in [0.15, 0.2) is 0 Å². The molecule has 0 spiro atoms. The highest BCUT2D eigenvalue weighted by Gasteiger charge is 2.38. The molecule has 2 aromatic rings. The van der Waals surface area contributed by atoms with Crippen molar-refractivity contribution in [2.24, 2.45) is 15.9 Å². The van der Waals surface area contributed by atoms with Crippen LogP contribution in [0.1, 0.15) is 25.1 Å². The number of rotatable bonds is 7. The predicted molar refractivity (Wildman–Crippen MR) is 107 cm³/mol. The fraction of sp³-hybridized carbons (Fsp3) is 0.286. The molecule has 29 heavy (non-hydrogen) atoms. The predicted octanol–water partition coefficient (Wildman–Crippen LogP) is 5.02. The summed E-state index contributed by atoms with van der Waals surface area (Å²) in [5.41, 5.74) is -1.45. The molecule has 0 saturated carbocycles. The van der Waals surface area contributed by atoms with E-state index >= 15 is 0 Å². The first-order valence-electron chi connectivity index (χ1n) is 8.75. The van der Waals surface area contributed by atoms with E-state index < -0.39 is 17.3 Å². The van der Waals surface area contributed by atoms with Gasteiger partial charge in [-0.3, -0.25) is 15.0 Å². The maximum Gasteiger partial charge on any atom is 0.416 e. The minimum Gasteiger partial charge on any atom is -0.456 e. The van der Waals surface area contributed by atoms with E-state index in [1.54, 1.807) is 19.2 Å². The Labute approximate surface area is 167 Å². The minimum atomic E-state index is -4.41. The van der Waals surface area contributed by atoms with Crippen molar-refractivity contribution < 1.29 is 23.0 Å². The Morgan fingerprint density at radius 3 is 2.21 bits per heavy atom. The first kappa shape index (κ1) is 22.3. The standard InChI is InChI=1S/C21H22F3N3O2/c1-14(2)20(28,16(11-25-3)12-26-4)19-10-9-18(13-27-19)29-17-7-5-15(6-8-17)21(22,23)24/h5-14,28H,3H2,1-2,4H3/b16-11+,26-12?. The van der Waals surface area contributed by atoms with Gasteiger partial charge in [-0.05, 0) is 49.0 Å². The highest BCUT2D eigenvalue weighted by Crippen LogP contribution is 2.36. The van der Waals surface area contributed by atoms with E-state index in [4.69, 9.17) is 4.74 Å². The molecule has 0 fully saturated rings. The lowest BCUT2D eigenvalue weighted by Gasteiger charge is -2.32. The van der Waals surface area contributed by atoms with E-state index in [-0.39, 0.29) is 11.7 Å².